The van der Waals surface area contributed by atoms with Crippen LogP contribution in [0.15, 0.2) is 30.3 Å². The van der Waals surface area contributed by atoms with Crippen LogP contribution in [-0.2, 0) is 16.0 Å². The first kappa shape index (κ1) is 24.8. The highest BCUT2D eigenvalue weighted by molar-refractivity contribution is 5.67. The number of rotatable bonds is 14. The van der Waals surface area contributed by atoms with E-state index in [-0.39, 0.29) is 24.5 Å². The maximum atomic E-state index is 10.9. The van der Waals surface area contributed by atoms with E-state index in [4.69, 9.17) is 9.84 Å². The fourth-order valence-electron chi connectivity index (χ4n) is 4.57. The van der Waals surface area contributed by atoms with Gasteiger partial charge in [-0.2, -0.15) is 0 Å². The van der Waals surface area contributed by atoms with Gasteiger partial charge in [0.05, 0.1) is 11.7 Å². The molecule has 170 valence electrons. The van der Waals surface area contributed by atoms with Crippen LogP contribution in [0, 0.1) is 11.8 Å². The van der Waals surface area contributed by atoms with Gasteiger partial charge in [-0.3, -0.25) is 0 Å². The fourth-order valence-corrected chi connectivity index (χ4v) is 4.57. The molecule has 2 rings (SSSR count). The molecular formula is C23H37NO6. The lowest BCUT2D eigenvalue weighted by Crippen LogP contribution is -2.34. The summed E-state index contributed by atoms with van der Waals surface area (Å²) in [5.74, 6) is -0.857. The molecule has 7 nitrogen and oxygen atoms in total. The van der Waals surface area contributed by atoms with Crippen molar-refractivity contribution >= 4 is 5.97 Å². The van der Waals surface area contributed by atoms with Gasteiger partial charge in [0.15, 0.2) is 0 Å². The van der Waals surface area contributed by atoms with Gasteiger partial charge < -0.3 is 25.3 Å². The summed E-state index contributed by atoms with van der Waals surface area (Å²) in [7, 11) is 0. The molecule has 1 aliphatic carbocycles. The van der Waals surface area contributed by atoms with Gasteiger partial charge in [-0.1, -0.05) is 36.8 Å². The number of aliphatic carboxylic acids is 1. The number of aryl methyl sites for hydroxylation is 1. The molecule has 1 aliphatic rings. The summed E-state index contributed by atoms with van der Waals surface area (Å²) >= 11 is 0. The van der Waals surface area contributed by atoms with Gasteiger partial charge in [0.1, 0.15) is 6.61 Å². The third-order valence-corrected chi connectivity index (χ3v) is 6.34. The predicted molar refractivity (Wildman–Crippen MR) is 113 cm³/mol. The number of aliphatic hydroxyl groups excluding tert-OH is 1. The van der Waals surface area contributed by atoms with Crippen molar-refractivity contribution in [1.29, 1.82) is 0 Å². The minimum atomic E-state index is -0.975. The van der Waals surface area contributed by atoms with Gasteiger partial charge in [0.25, 0.3) is 0 Å². The molecule has 7 heteroatoms. The van der Waals surface area contributed by atoms with Crippen LogP contribution in [-0.4, -0.2) is 57.5 Å². The molecule has 0 radical (unpaired) electrons. The lowest BCUT2D eigenvalue weighted by molar-refractivity contribution is -0.142. The molecule has 5 N–H and O–H groups in total. The third kappa shape index (κ3) is 8.32. The van der Waals surface area contributed by atoms with E-state index in [9.17, 15) is 20.2 Å². The Bertz CT molecular complexity index is 623. The first-order valence-corrected chi connectivity index (χ1v) is 11.0. The standard InChI is InChI=1S/C23H37NO6/c1-23(28,12-10-17-7-3-2-4-8-17)13-11-18-19(21(25)15-20(18)24-29)9-5-6-14-30-16-22(26)27/h2-4,7-8,18-21,24-25,28-29H,5-6,9-16H2,1H3,(H,26,27)/t18-,19-,20?,21+,23?/m1/s1. The smallest absolute Gasteiger partial charge is 0.329 e. The van der Waals surface area contributed by atoms with Crippen molar-refractivity contribution in [1.82, 2.24) is 5.48 Å². The lowest BCUT2D eigenvalue weighted by Gasteiger charge is -2.30. The quantitative estimate of drug-likeness (QED) is 0.231. The van der Waals surface area contributed by atoms with Gasteiger partial charge in [0.2, 0.25) is 0 Å². The van der Waals surface area contributed by atoms with Crippen molar-refractivity contribution in [3.63, 3.8) is 0 Å². The van der Waals surface area contributed by atoms with E-state index in [0.29, 0.717) is 25.9 Å². The van der Waals surface area contributed by atoms with Crippen LogP contribution in [0.5, 0.6) is 0 Å². The Morgan fingerprint density at radius 2 is 1.90 bits per heavy atom. The summed E-state index contributed by atoms with van der Waals surface area (Å²) in [5, 5.41) is 39.5. The number of carboxylic acid groups (broad SMARTS) is 1. The number of hydroxylamine groups is 1. The van der Waals surface area contributed by atoms with E-state index in [1.54, 1.807) is 0 Å². The number of benzene rings is 1. The Labute approximate surface area is 179 Å². The van der Waals surface area contributed by atoms with E-state index < -0.39 is 17.7 Å². The van der Waals surface area contributed by atoms with Gasteiger partial charge in [0, 0.05) is 12.6 Å². The first-order chi connectivity index (χ1) is 14.3. The molecule has 30 heavy (non-hydrogen) atoms. The molecular weight excluding hydrogens is 386 g/mol. The largest absolute Gasteiger partial charge is 0.480 e. The van der Waals surface area contributed by atoms with Crippen molar-refractivity contribution in [2.45, 2.75) is 76.0 Å². The van der Waals surface area contributed by atoms with Crippen molar-refractivity contribution in [3.8, 4) is 0 Å². The molecule has 0 heterocycles. The Morgan fingerprint density at radius 3 is 2.57 bits per heavy atom. The SMILES string of the molecule is CC(O)(CCc1ccccc1)CC[C@H]1C(NO)C[C@H](O)[C@@H]1CCCCOCC(=O)O. The summed E-state index contributed by atoms with van der Waals surface area (Å²) in [6.45, 7) is 1.95. The molecule has 5 atom stereocenters. The normalized spacial score (nSPS) is 25.9. The van der Waals surface area contributed by atoms with Crippen molar-refractivity contribution < 1.29 is 30.1 Å². The molecule has 1 fully saturated rings. The number of hydrogen-bond donors (Lipinski definition) is 5. The lowest BCUT2D eigenvalue weighted by atomic mass is 9.81. The molecule has 0 aromatic heterocycles. The summed E-state index contributed by atoms with van der Waals surface area (Å²) in [4.78, 5) is 10.5. The van der Waals surface area contributed by atoms with Crippen LogP contribution in [0.4, 0.5) is 0 Å². The summed E-state index contributed by atoms with van der Waals surface area (Å²) in [6.07, 6.45) is 5.13. The van der Waals surface area contributed by atoms with Crippen LogP contribution < -0.4 is 5.48 Å². The van der Waals surface area contributed by atoms with Gasteiger partial charge in [-0.05, 0) is 69.3 Å². The number of carboxylic acids is 1. The molecule has 0 amide bonds. The zero-order valence-electron chi connectivity index (χ0n) is 17.9. The Kier molecular flexibility index (Phi) is 10.2. The van der Waals surface area contributed by atoms with E-state index in [1.165, 1.54) is 5.56 Å². The monoisotopic (exact) mass is 423 g/mol. The summed E-state index contributed by atoms with van der Waals surface area (Å²) in [5.41, 5.74) is 2.75. The Hall–Kier alpha value is -1.51. The molecule has 1 aromatic rings. The zero-order chi connectivity index (χ0) is 22.0. The van der Waals surface area contributed by atoms with Crippen molar-refractivity contribution in [2.24, 2.45) is 11.8 Å². The minimum Gasteiger partial charge on any atom is -0.480 e. The number of hydrogen-bond acceptors (Lipinski definition) is 6. The maximum absolute atomic E-state index is 10.9. The van der Waals surface area contributed by atoms with E-state index in [0.717, 1.165) is 32.1 Å². The molecule has 0 saturated heterocycles. The highest BCUT2D eigenvalue weighted by atomic mass is 16.5. The second-order valence-corrected chi connectivity index (χ2v) is 8.83. The topological polar surface area (TPSA) is 119 Å². The zero-order valence-corrected chi connectivity index (χ0v) is 17.9. The average molecular weight is 424 g/mol. The van der Waals surface area contributed by atoms with Crippen LogP contribution in [0.3, 0.4) is 0 Å². The number of aliphatic hydroxyl groups is 2. The molecule has 2 unspecified atom stereocenters. The summed E-state index contributed by atoms with van der Waals surface area (Å²) in [6, 6.07) is 9.92. The highest BCUT2D eigenvalue weighted by Gasteiger charge is 2.42. The fraction of sp³-hybridized carbons (Fsp3) is 0.696. The number of nitrogens with one attached hydrogen (secondary N) is 1. The van der Waals surface area contributed by atoms with Crippen molar-refractivity contribution in [2.75, 3.05) is 13.2 Å². The van der Waals surface area contributed by atoms with Crippen LogP contribution >= 0.6 is 0 Å². The third-order valence-electron chi connectivity index (χ3n) is 6.34. The molecule has 0 bridgehead atoms. The van der Waals surface area contributed by atoms with E-state index in [1.807, 2.05) is 25.1 Å². The highest BCUT2D eigenvalue weighted by Crippen LogP contribution is 2.40. The van der Waals surface area contributed by atoms with Gasteiger partial charge >= 0.3 is 5.97 Å². The van der Waals surface area contributed by atoms with Crippen LogP contribution in [0.2, 0.25) is 0 Å². The van der Waals surface area contributed by atoms with E-state index in [2.05, 4.69) is 17.6 Å². The summed E-state index contributed by atoms with van der Waals surface area (Å²) < 4.78 is 5.06. The second-order valence-electron chi connectivity index (χ2n) is 8.83. The van der Waals surface area contributed by atoms with Crippen LogP contribution in [0.25, 0.3) is 0 Å². The Morgan fingerprint density at radius 1 is 1.17 bits per heavy atom. The van der Waals surface area contributed by atoms with E-state index >= 15 is 0 Å². The number of ether oxygens (including phenoxy) is 1. The number of unbranched alkanes of at least 4 members (excludes halogenated alkanes) is 1. The van der Waals surface area contributed by atoms with Gasteiger partial charge in [-0.25, -0.2) is 10.3 Å². The average Bonchev–Trinajstić information content (AvgIpc) is 3.03. The molecule has 0 aliphatic heterocycles. The predicted octanol–water partition coefficient (Wildman–Crippen LogP) is 2.77. The number of carbonyl (C=O) groups is 1. The van der Waals surface area contributed by atoms with Crippen molar-refractivity contribution in [3.05, 3.63) is 35.9 Å². The maximum Gasteiger partial charge on any atom is 0.329 e. The first-order valence-electron chi connectivity index (χ1n) is 11.0. The van der Waals surface area contributed by atoms with Gasteiger partial charge in [-0.15, -0.1) is 0 Å². The minimum absolute atomic E-state index is 0.0408. The van der Waals surface area contributed by atoms with Crippen LogP contribution in [0.1, 0.15) is 57.4 Å². The molecule has 1 aromatic carbocycles. The second kappa shape index (κ2) is 12.4. The molecule has 0 spiro atoms. The Balaban J connectivity index is 1.81. The molecule has 1 saturated carbocycles.